The fraction of sp³-hybridized carbons (Fsp3) is 0.458. The molecule has 0 spiro atoms. The van der Waals surface area contributed by atoms with Crippen molar-refractivity contribution in [2.24, 2.45) is 0 Å². The fourth-order valence-corrected chi connectivity index (χ4v) is 4.58. The smallest absolute Gasteiger partial charge is 0.181 e. The number of aromatic amines is 1. The molecular weight excluding hydrogens is 422 g/mol. The van der Waals surface area contributed by atoms with Crippen LogP contribution in [0.4, 0.5) is 5.69 Å². The highest BCUT2D eigenvalue weighted by Crippen LogP contribution is 2.33. The Morgan fingerprint density at radius 1 is 1.12 bits per heavy atom. The first-order valence-corrected chi connectivity index (χ1v) is 11.5. The van der Waals surface area contributed by atoms with Gasteiger partial charge in [-0.2, -0.15) is 0 Å². The second-order valence-electron chi connectivity index (χ2n) is 8.61. The number of nitrogens with zero attached hydrogens (tertiary/aromatic N) is 3. The van der Waals surface area contributed by atoms with Crippen molar-refractivity contribution < 1.29 is 14.6 Å². The van der Waals surface area contributed by atoms with E-state index in [0.717, 1.165) is 61.2 Å². The van der Waals surface area contributed by atoms with E-state index >= 15 is 0 Å². The van der Waals surface area contributed by atoms with Gasteiger partial charge in [-0.15, -0.1) is 0 Å². The molecule has 0 bridgehead atoms. The van der Waals surface area contributed by atoms with Crippen molar-refractivity contribution in [2.75, 3.05) is 31.2 Å². The van der Waals surface area contributed by atoms with Crippen LogP contribution in [0.3, 0.4) is 0 Å². The van der Waals surface area contributed by atoms with E-state index in [4.69, 9.17) is 9.47 Å². The molecule has 0 amide bonds. The van der Waals surface area contributed by atoms with Crippen molar-refractivity contribution in [3.05, 3.63) is 58.8 Å². The van der Waals surface area contributed by atoms with Gasteiger partial charge < -0.3 is 24.5 Å². The third-order valence-electron chi connectivity index (χ3n) is 6.35. The van der Waals surface area contributed by atoms with Crippen LogP contribution in [0.5, 0.6) is 5.75 Å². The molecule has 1 unspecified atom stereocenters. The maximum absolute atomic E-state index is 11.5. The van der Waals surface area contributed by atoms with E-state index in [2.05, 4.69) is 37.3 Å². The predicted molar refractivity (Wildman–Crippen MR) is 124 cm³/mol. The van der Waals surface area contributed by atoms with Crippen molar-refractivity contribution >= 4 is 16.7 Å². The minimum atomic E-state index is -0.897. The Labute approximate surface area is 191 Å². The van der Waals surface area contributed by atoms with Crippen LogP contribution >= 0.6 is 0 Å². The molecule has 9 heteroatoms. The summed E-state index contributed by atoms with van der Waals surface area (Å²) in [5.74, 6) is 0.764. The number of rotatable bonds is 6. The van der Waals surface area contributed by atoms with E-state index in [9.17, 15) is 9.90 Å². The molecule has 9 nitrogen and oxygen atoms in total. The molecule has 1 saturated heterocycles. The Morgan fingerprint density at radius 3 is 2.70 bits per heavy atom. The number of hydrogen-bond donors (Lipinski definition) is 3. The SMILES string of the molecule is O=c1cc[nH]c(C(O)NC2CCC(Oc3cc(N4CCOCC4)cc4nccnc34)CC2)c1. The number of morpholine rings is 1. The number of hydrogen-bond acceptors (Lipinski definition) is 8. The molecule has 2 aliphatic rings. The highest BCUT2D eigenvalue weighted by atomic mass is 16.5. The summed E-state index contributed by atoms with van der Waals surface area (Å²) in [5, 5.41) is 13.6. The van der Waals surface area contributed by atoms with E-state index in [1.807, 2.05) is 0 Å². The van der Waals surface area contributed by atoms with Gasteiger partial charge in [0.2, 0.25) is 0 Å². The van der Waals surface area contributed by atoms with E-state index in [1.54, 1.807) is 18.6 Å². The van der Waals surface area contributed by atoms with E-state index in [-0.39, 0.29) is 17.6 Å². The van der Waals surface area contributed by atoms with Crippen LogP contribution in [-0.2, 0) is 4.74 Å². The Kier molecular flexibility index (Phi) is 6.52. The van der Waals surface area contributed by atoms with Gasteiger partial charge in [0.25, 0.3) is 0 Å². The summed E-state index contributed by atoms with van der Waals surface area (Å²) < 4.78 is 11.9. The van der Waals surface area contributed by atoms with Gasteiger partial charge in [0.05, 0.1) is 30.5 Å². The standard InChI is InChI=1S/C24H29N5O4/c30-18-5-6-25-21(15-18)24(31)28-16-1-3-19(4-2-16)33-22-14-17(29-9-11-32-12-10-29)13-20-23(22)27-8-7-26-20/h5-8,13-16,19,24,28,31H,1-4,9-12H2,(H,25,30). The highest BCUT2D eigenvalue weighted by molar-refractivity contribution is 5.85. The molecule has 1 aromatic carbocycles. The van der Waals surface area contributed by atoms with Gasteiger partial charge in [-0.1, -0.05) is 0 Å². The van der Waals surface area contributed by atoms with Crippen molar-refractivity contribution in [1.82, 2.24) is 20.3 Å². The molecule has 3 heterocycles. The zero-order chi connectivity index (χ0) is 22.6. The highest BCUT2D eigenvalue weighted by Gasteiger charge is 2.26. The minimum Gasteiger partial charge on any atom is -0.488 e. The van der Waals surface area contributed by atoms with Gasteiger partial charge >= 0.3 is 0 Å². The molecule has 2 fully saturated rings. The summed E-state index contributed by atoms with van der Waals surface area (Å²) in [6.45, 7) is 3.12. The molecule has 5 rings (SSSR count). The van der Waals surface area contributed by atoms with E-state index < -0.39 is 6.23 Å². The molecule has 174 valence electrons. The second-order valence-corrected chi connectivity index (χ2v) is 8.61. The number of aliphatic hydroxyl groups excluding tert-OH is 1. The Bertz CT molecular complexity index is 1140. The Hall–Kier alpha value is -3.01. The average molecular weight is 452 g/mol. The normalized spacial score (nSPS) is 22.3. The van der Waals surface area contributed by atoms with Crippen LogP contribution in [0, 0.1) is 0 Å². The van der Waals surface area contributed by atoms with Crippen molar-refractivity contribution in [2.45, 2.75) is 44.1 Å². The maximum atomic E-state index is 11.5. The van der Waals surface area contributed by atoms with Gasteiger partial charge in [0.15, 0.2) is 5.43 Å². The second kappa shape index (κ2) is 9.86. The summed E-state index contributed by atoms with van der Waals surface area (Å²) >= 11 is 0. The quantitative estimate of drug-likeness (QED) is 0.489. The first-order chi connectivity index (χ1) is 16.2. The van der Waals surface area contributed by atoms with Crippen LogP contribution in [0.2, 0.25) is 0 Å². The van der Waals surface area contributed by atoms with Crippen LogP contribution in [-0.4, -0.2) is 58.5 Å². The van der Waals surface area contributed by atoms with Gasteiger partial charge in [0.1, 0.15) is 17.5 Å². The van der Waals surface area contributed by atoms with Crippen molar-refractivity contribution in [3.63, 3.8) is 0 Å². The number of benzene rings is 1. The molecule has 1 aliphatic heterocycles. The van der Waals surface area contributed by atoms with Crippen LogP contribution in [0.1, 0.15) is 37.6 Å². The summed E-state index contributed by atoms with van der Waals surface area (Å²) in [5.41, 5.74) is 3.03. The zero-order valence-corrected chi connectivity index (χ0v) is 18.4. The number of fused-ring (bicyclic) bond motifs is 1. The number of pyridine rings is 1. The van der Waals surface area contributed by atoms with E-state index in [1.165, 1.54) is 12.1 Å². The lowest BCUT2D eigenvalue weighted by Crippen LogP contribution is -2.39. The number of H-pyrrole nitrogens is 1. The summed E-state index contributed by atoms with van der Waals surface area (Å²) in [6, 6.07) is 7.14. The maximum Gasteiger partial charge on any atom is 0.181 e. The Morgan fingerprint density at radius 2 is 1.91 bits per heavy atom. The molecule has 1 atom stereocenters. The number of aliphatic hydroxyl groups is 1. The van der Waals surface area contributed by atoms with Crippen LogP contribution in [0.25, 0.3) is 11.0 Å². The molecular formula is C24H29N5O4. The molecule has 33 heavy (non-hydrogen) atoms. The van der Waals surface area contributed by atoms with Gasteiger partial charge in [0, 0.05) is 61.6 Å². The molecule has 0 radical (unpaired) electrons. The lowest BCUT2D eigenvalue weighted by Gasteiger charge is -2.32. The van der Waals surface area contributed by atoms with Crippen molar-refractivity contribution in [1.29, 1.82) is 0 Å². The third kappa shape index (κ3) is 5.16. The predicted octanol–water partition coefficient (Wildman–Crippen LogP) is 2.13. The van der Waals surface area contributed by atoms with Gasteiger partial charge in [-0.25, -0.2) is 4.98 Å². The largest absolute Gasteiger partial charge is 0.488 e. The van der Waals surface area contributed by atoms with Gasteiger partial charge in [-0.05, 0) is 31.7 Å². The fourth-order valence-electron chi connectivity index (χ4n) is 4.58. The first kappa shape index (κ1) is 21.8. The lowest BCUT2D eigenvalue weighted by molar-refractivity contribution is 0.0866. The minimum absolute atomic E-state index is 0.0712. The third-order valence-corrected chi connectivity index (χ3v) is 6.35. The monoisotopic (exact) mass is 451 g/mol. The van der Waals surface area contributed by atoms with Crippen LogP contribution < -0.4 is 20.4 Å². The molecule has 3 aromatic rings. The molecule has 3 N–H and O–H groups in total. The van der Waals surface area contributed by atoms with E-state index in [0.29, 0.717) is 18.9 Å². The Balaban J connectivity index is 1.24. The number of anilines is 1. The summed E-state index contributed by atoms with van der Waals surface area (Å²) in [4.78, 5) is 25.8. The number of aromatic nitrogens is 3. The van der Waals surface area contributed by atoms with Crippen molar-refractivity contribution in [3.8, 4) is 5.75 Å². The summed E-state index contributed by atoms with van der Waals surface area (Å²) in [6.07, 6.45) is 7.57. The topological polar surface area (TPSA) is 113 Å². The van der Waals surface area contributed by atoms with Gasteiger partial charge in [-0.3, -0.25) is 15.1 Å². The molecule has 1 aliphatic carbocycles. The molecule has 1 saturated carbocycles. The molecule has 2 aromatic heterocycles. The number of ether oxygens (including phenoxy) is 2. The zero-order valence-electron chi connectivity index (χ0n) is 18.4. The average Bonchev–Trinajstić information content (AvgIpc) is 2.85. The van der Waals surface area contributed by atoms with Crippen LogP contribution in [0.15, 0.2) is 47.7 Å². The lowest BCUT2D eigenvalue weighted by atomic mass is 9.92. The first-order valence-electron chi connectivity index (χ1n) is 11.5. The summed E-state index contributed by atoms with van der Waals surface area (Å²) in [7, 11) is 0. The number of nitrogens with one attached hydrogen (secondary N) is 2.